The Morgan fingerprint density at radius 1 is 1.23 bits per heavy atom. The van der Waals surface area contributed by atoms with Gasteiger partial charge in [0.2, 0.25) is 0 Å². The average molecular weight is 181 g/mol. The summed E-state index contributed by atoms with van der Waals surface area (Å²) < 4.78 is 0. The van der Waals surface area contributed by atoms with Crippen LogP contribution in [0, 0.1) is 0 Å². The summed E-state index contributed by atoms with van der Waals surface area (Å²) in [5.41, 5.74) is 1.71. The zero-order valence-corrected chi connectivity index (χ0v) is 9.18. The maximum Gasteiger partial charge on any atom is 0.00183 e. The standard InChI is InChI=1S/C12H23N/c1-3-13(4-2)11-10-12-8-6-5-7-9-12/h8H,3-7,9-11H2,1-2H3. The first kappa shape index (κ1) is 10.8. The summed E-state index contributed by atoms with van der Waals surface area (Å²) in [7, 11) is 0. The summed E-state index contributed by atoms with van der Waals surface area (Å²) >= 11 is 0. The van der Waals surface area contributed by atoms with Crippen LogP contribution in [0.4, 0.5) is 0 Å². The molecule has 1 aliphatic carbocycles. The van der Waals surface area contributed by atoms with Crippen LogP contribution in [0.2, 0.25) is 0 Å². The highest BCUT2D eigenvalue weighted by molar-refractivity contribution is 5.05. The summed E-state index contributed by atoms with van der Waals surface area (Å²) in [5.74, 6) is 0. The molecular weight excluding hydrogens is 158 g/mol. The number of allylic oxidation sites excluding steroid dienone is 1. The van der Waals surface area contributed by atoms with E-state index in [1.54, 1.807) is 5.57 Å². The minimum Gasteiger partial charge on any atom is -0.304 e. The van der Waals surface area contributed by atoms with Crippen molar-refractivity contribution in [1.29, 1.82) is 0 Å². The molecule has 0 spiro atoms. The minimum atomic E-state index is 1.20. The van der Waals surface area contributed by atoms with Crippen LogP contribution < -0.4 is 0 Å². The van der Waals surface area contributed by atoms with Crippen LogP contribution in [-0.4, -0.2) is 24.5 Å². The van der Waals surface area contributed by atoms with Crippen LogP contribution in [0.25, 0.3) is 0 Å². The van der Waals surface area contributed by atoms with Crippen molar-refractivity contribution in [1.82, 2.24) is 4.90 Å². The SMILES string of the molecule is CCN(CC)CCC1=CCCCC1. The Bertz CT molecular complexity index is 157. The Kier molecular flexibility index (Phi) is 5.14. The molecule has 0 aromatic carbocycles. The van der Waals surface area contributed by atoms with Gasteiger partial charge in [-0.1, -0.05) is 25.5 Å². The lowest BCUT2D eigenvalue weighted by molar-refractivity contribution is 0.306. The summed E-state index contributed by atoms with van der Waals surface area (Å²) in [4.78, 5) is 2.51. The van der Waals surface area contributed by atoms with Crippen molar-refractivity contribution < 1.29 is 0 Å². The van der Waals surface area contributed by atoms with E-state index in [4.69, 9.17) is 0 Å². The summed E-state index contributed by atoms with van der Waals surface area (Å²) in [6.07, 6.45) is 9.29. The van der Waals surface area contributed by atoms with Crippen LogP contribution in [-0.2, 0) is 0 Å². The van der Waals surface area contributed by atoms with Crippen LogP contribution >= 0.6 is 0 Å². The fourth-order valence-electron chi connectivity index (χ4n) is 1.97. The number of hydrogen-bond donors (Lipinski definition) is 0. The molecule has 0 fully saturated rings. The van der Waals surface area contributed by atoms with Crippen molar-refractivity contribution in [2.75, 3.05) is 19.6 Å². The quantitative estimate of drug-likeness (QED) is 0.589. The van der Waals surface area contributed by atoms with Crippen molar-refractivity contribution in [3.05, 3.63) is 11.6 Å². The van der Waals surface area contributed by atoms with E-state index in [1.807, 2.05) is 0 Å². The molecule has 0 unspecified atom stereocenters. The van der Waals surface area contributed by atoms with E-state index in [2.05, 4.69) is 24.8 Å². The normalized spacial score (nSPS) is 17.6. The highest BCUT2D eigenvalue weighted by atomic mass is 15.1. The predicted octanol–water partition coefficient (Wildman–Crippen LogP) is 3.22. The lowest BCUT2D eigenvalue weighted by Crippen LogP contribution is -2.24. The fraction of sp³-hybridized carbons (Fsp3) is 0.833. The molecule has 1 aliphatic rings. The second-order valence-corrected chi connectivity index (χ2v) is 3.89. The van der Waals surface area contributed by atoms with E-state index in [1.165, 1.54) is 51.7 Å². The fourth-order valence-corrected chi connectivity index (χ4v) is 1.97. The molecule has 0 heterocycles. The van der Waals surface area contributed by atoms with E-state index in [9.17, 15) is 0 Å². The number of nitrogens with zero attached hydrogens (tertiary/aromatic N) is 1. The molecule has 76 valence electrons. The molecule has 1 rings (SSSR count). The molecule has 0 radical (unpaired) electrons. The molecule has 0 aromatic rings. The Hall–Kier alpha value is -0.300. The van der Waals surface area contributed by atoms with Gasteiger partial charge >= 0.3 is 0 Å². The predicted molar refractivity (Wildman–Crippen MR) is 59.0 cm³/mol. The molecule has 0 aromatic heterocycles. The molecule has 13 heavy (non-hydrogen) atoms. The van der Waals surface area contributed by atoms with Crippen molar-refractivity contribution in [3.63, 3.8) is 0 Å². The van der Waals surface area contributed by atoms with E-state index in [0.29, 0.717) is 0 Å². The third-order valence-electron chi connectivity index (χ3n) is 3.03. The molecule has 0 atom stereocenters. The number of hydrogen-bond acceptors (Lipinski definition) is 1. The van der Waals surface area contributed by atoms with Gasteiger partial charge in [-0.05, 0) is 45.2 Å². The van der Waals surface area contributed by atoms with Gasteiger partial charge in [-0.2, -0.15) is 0 Å². The van der Waals surface area contributed by atoms with E-state index in [0.717, 1.165) is 0 Å². The maximum atomic E-state index is 2.51. The van der Waals surface area contributed by atoms with E-state index >= 15 is 0 Å². The van der Waals surface area contributed by atoms with Gasteiger partial charge in [0.1, 0.15) is 0 Å². The molecule has 0 bridgehead atoms. The van der Waals surface area contributed by atoms with Gasteiger partial charge in [0.25, 0.3) is 0 Å². The largest absolute Gasteiger partial charge is 0.304 e. The third kappa shape index (κ3) is 3.95. The van der Waals surface area contributed by atoms with Crippen LogP contribution in [0.5, 0.6) is 0 Å². The van der Waals surface area contributed by atoms with Gasteiger partial charge < -0.3 is 4.90 Å². The monoisotopic (exact) mass is 181 g/mol. The Balaban J connectivity index is 2.20. The first-order valence-electron chi connectivity index (χ1n) is 5.77. The molecule has 0 saturated heterocycles. The maximum absolute atomic E-state index is 2.51. The van der Waals surface area contributed by atoms with Crippen molar-refractivity contribution >= 4 is 0 Å². The van der Waals surface area contributed by atoms with Gasteiger partial charge in [0, 0.05) is 6.54 Å². The van der Waals surface area contributed by atoms with E-state index < -0.39 is 0 Å². The van der Waals surface area contributed by atoms with Gasteiger partial charge in [-0.15, -0.1) is 0 Å². The lowest BCUT2D eigenvalue weighted by Gasteiger charge is -2.20. The van der Waals surface area contributed by atoms with Crippen LogP contribution in [0.15, 0.2) is 11.6 Å². The average Bonchev–Trinajstić information content (AvgIpc) is 2.21. The molecule has 0 N–H and O–H groups in total. The second-order valence-electron chi connectivity index (χ2n) is 3.89. The highest BCUT2D eigenvalue weighted by Gasteiger charge is 2.05. The zero-order valence-electron chi connectivity index (χ0n) is 9.18. The van der Waals surface area contributed by atoms with Crippen molar-refractivity contribution in [3.8, 4) is 0 Å². The Morgan fingerprint density at radius 3 is 2.54 bits per heavy atom. The number of rotatable bonds is 5. The van der Waals surface area contributed by atoms with Crippen LogP contribution in [0.1, 0.15) is 46.0 Å². The molecule has 1 nitrogen and oxygen atoms in total. The van der Waals surface area contributed by atoms with Gasteiger partial charge in [0.15, 0.2) is 0 Å². The first-order chi connectivity index (χ1) is 6.36. The summed E-state index contributed by atoms with van der Waals surface area (Å²) in [6.45, 7) is 8.16. The second kappa shape index (κ2) is 6.20. The lowest BCUT2D eigenvalue weighted by atomic mass is 9.97. The summed E-state index contributed by atoms with van der Waals surface area (Å²) in [6, 6.07) is 0. The minimum absolute atomic E-state index is 1.20. The topological polar surface area (TPSA) is 3.24 Å². The van der Waals surface area contributed by atoms with Gasteiger partial charge in [0.05, 0.1) is 0 Å². The Labute approximate surface area is 82.8 Å². The third-order valence-corrected chi connectivity index (χ3v) is 3.03. The Morgan fingerprint density at radius 2 is 2.00 bits per heavy atom. The molecule has 0 amide bonds. The summed E-state index contributed by atoms with van der Waals surface area (Å²) in [5, 5.41) is 0. The van der Waals surface area contributed by atoms with Gasteiger partial charge in [-0.25, -0.2) is 0 Å². The van der Waals surface area contributed by atoms with Crippen molar-refractivity contribution in [2.24, 2.45) is 0 Å². The molecule has 0 aliphatic heterocycles. The van der Waals surface area contributed by atoms with E-state index in [-0.39, 0.29) is 0 Å². The zero-order chi connectivity index (χ0) is 9.52. The smallest absolute Gasteiger partial charge is 0.00183 e. The van der Waals surface area contributed by atoms with Gasteiger partial charge in [-0.3, -0.25) is 0 Å². The molecule has 1 heteroatoms. The molecular formula is C12H23N. The van der Waals surface area contributed by atoms with Crippen molar-refractivity contribution in [2.45, 2.75) is 46.0 Å². The first-order valence-corrected chi connectivity index (χ1v) is 5.77. The van der Waals surface area contributed by atoms with Crippen LogP contribution in [0.3, 0.4) is 0 Å². The molecule has 0 saturated carbocycles. The highest BCUT2D eigenvalue weighted by Crippen LogP contribution is 2.20.